The Hall–Kier alpha value is -0.0800. The molecule has 16 heavy (non-hydrogen) atoms. The van der Waals surface area contributed by atoms with Crippen molar-refractivity contribution in [1.29, 1.82) is 0 Å². The maximum absolute atomic E-state index is 6.17. The van der Waals surface area contributed by atoms with Gasteiger partial charge in [0.2, 0.25) is 0 Å². The van der Waals surface area contributed by atoms with Crippen LogP contribution in [0.25, 0.3) is 0 Å². The first-order valence-electron chi connectivity index (χ1n) is 6.98. The quantitative estimate of drug-likeness (QED) is 0.742. The number of rotatable bonds is 1. The lowest BCUT2D eigenvalue weighted by Gasteiger charge is -2.49. The summed E-state index contributed by atoms with van der Waals surface area (Å²) in [5.41, 5.74) is 6.66. The van der Waals surface area contributed by atoms with E-state index in [-0.39, 0.29) is 0 Å². The summed E-state index contributed by atoms with van der Waals surface area (Å²) in [6.07, 6.45) is 6.81. The molecule has 0 aromatic heterocycles. The van der Waals surface area contributed by atoms with Gasteiger partial charge in [0.15, 0.2) is 0 Å². The fourth-order valence-corrected chi connectivity index (χ4v) is 3.85. The summed E-state index contributed by atoms with van der Waals surface area (Å²) in [6, 6.07) is 1.18. The minimum Gasteiger partial charge on any atom is -0.327 e. The van der Waals surface area contributed by atoms with E-state index in [1.165, 1.54) is 38.6 Å². The van der Waals surface area contributed by atoms with Crippen molar-refractivity contribution in [3.8, 4) is 0 Å². The van der Waals surface area contributed by atoms with Gasteiger partial charge in [0, 0.05) is 25.2 Å². The lowest BCUT2D eigenvalue weighted by atomic mass is 9.72. The molecule has 2 rings (SSSR count). The smallest absolute Gasteiger partial charge is 0.0170 e. The van der Waals surface area contributed by atoms with Crippen molar-refractivity contribution in [1.82, 2.24) is 4.90 Å². The van der Waals surface area contributed by atoms with Crippen LogP contribution in [0, 0.1) is 11.3 Å². The van der Waals surface area contributed by atoms with Crippen molar-refractivity contribution in [2.75, 3.05) is 13.1 Å². The Morgan fingerprint density at radius 1 is 1.19 bits per heavy atom. The second-order valence-corrected chi connectivity index (χ2v) is 6.81. The Kier molecular flexibility index (Phi) is 3.60. The molecule has 0 bridgehead atoms. The first-order valence-corrected chi connectivity index (χ1v) is 6.98. The van der Waals surface area contributed by atoms with Crippen LogP contribution in [-0.2, 0) is 0 Å². The predicted octanol–water partition coefficient (Wildman–Crippen LogP) is 2.62. The monoisotopic (exact) mass is 224 g/mol. The third-order valence-corrected chi connectivity index (χ3v) is 4.61. The first kappa shape index (κ1) is 12.4. The summed E-state index contributed by atoms with van der Waals surface area (Å²) in [6.45, 7) is 9.63. The number of likely N-dealkylation sites (tertiary alicyclic amines) is 1. The fraction of sp³-hybridized carbons (Fsp3) is 1.00. The van der Waals surface area contributed by atoms with E-state index in [0.29, 0.717) is 11.5 Å². The van der Waals surface area contributed by atoms with Gasteiger partial charge in [-0.25, -0.2) is 0 Å². The van der Waals surface area contributed by atoms with Crippen molar-refractivity contribution in [3.63, 3.8) is 0 Å². The first-order chi connectivity index (χ1) is 7.49. The summed E-state index contributed by atoms with van der Waals surface area (Å²) in [5, 5.41) is 0. The standard InChI is InChI=1S/C14H28N2/c1-11-8-12(15)10-16(9-11)13-6-4-5-7-14(13,2)3/h11-13H,4-10,15H2,1-3H3. The Labute approximate surface area is 101 Å². The highest BCUT2D eigenvalue weighted by atomic mass is 15.2. The molecule has 2 fully saturated rings. The van der Waals surface area contributed by atoms with Crippen LogP contribution in [-0.4, -0.2) is 30.1 Å². The van der Waals surface area contributed by atoms with E-state index in [2.05, 4.69) is 25.7 Å². The van der Waals surface area contributed by atoms with E-state index in [0.717, 1.165) is 18.5 Å². The minimum atomic E-state index is 0.404. The van der Waals surface area contributed by atoms with Gasteiger partial charge in [-0.15, -0.1) is 0 Å². The molecular weight excluding hydrogens is 196 g/mol. The molecule has 0 aromatic rings. The van der Waals surface area contributed by atoms with Crippen molar-refractivity contribution in [2.45, 2.75) is 65.0 Å². The van der Waals surface area contributed by atoms with Crippen LogP contribution < -0.4 is 5.73 Å². The molecule has 0 radical (unpaired) electrons. The highest BCUT2D eigenvalue weighted by molar-refractivity contribution is 4.93. The van der Waals surface area contributed by atoms with Crippen molar-refractivity contribution in [2.24, 2.45) is 17.1 Å². The summed E-state index contributed by atoms with van der Waals surface area (Å²) in [7, 11) is 0. The molecule has 1 heterocycles. The third-order valence-electron chi connectivity index (χ3n) is 4.61. The maximum atomic E-state index is 6.17. The van der Waals surface area contributed by atoms with Gasteiger partial charge in [-0.3, -0.25) is 4.90 Å². The van der Waals surface area contributed by atoms with E-state index < -0.39 is 0 Å². The number of nitrogens with two attached hydrogens (primary N) is 1. The van der Waals surface area contributed by atoms with Crippen LogP contribution in [0.1, 0.15) is 52.9 Å². The Bertz CT molecular complexity index is 227. The van der Waals surface area contributed by atoms with Crippen LogP contribution in [0.3, 0.4) is 0 Å². The molecule has 1 saturated carbocycles. The molecule has 2 heteroatoms. The van der Waals surface area contributed by atoms with Crippen LogP contribution in [0.15, 0.2) is 0 Å². The van der Waals surface area contributed by atoms with Gasteiger partial charge >= 0.3 is 0 Å². The molecule has 2 aliphatic rings. The van der Waals surface area contributed by atoms with E-state index >= 15 is 0 Å². The average Bonchev–Trinajstić information content (AvgIpc) is 2.15. The van der Waals surface area contributed by atoms with Gasteiger partial charge in [0.05, 0.1) is 0 Å². The molecule has 0 spiro atoms. The molecule has 0 amide bonds. The third kappa shape index (κ3) is 2.60. The molecule has 2 nitrogen and oxygen atoms in total. The lowest BCUT2D eigenvalue weighted by molar-refractivity contribution is 0.0167. The number of hydrogen-bond acceptors (Lipinski definition) is 2. The van der Waals surface area contributed by atoms with E-state index in [1.807, 2.05) is 0 Å². The van der Waals surface area contributed by atoms with Crippen molar-refractivity contribution < 1.29 is 0 Å². The highest BCUT2D eigenvalue weighted by Gasteiger charge is 2.38. The Morgan fingerprint density at radius 3 is 2.56 bits per heavy atom. The van der Waals surface area contributed by atoms with Crippen LogP contribution >= 0.6 is 0 Å². The highest BCUT2D eigenvalue weighted by Crippen LogP contribution is 2.39. The molecule has 94 valence electrons. The van der Waals surface area contributed by atoms with E-state index in [9.17, 15) is 0 Å². The molecule has 1 aliphatic heterocycles. The van der Waals surface area contributed by atoms with Gasteiger partial charge < -0.3 is 5.73 Å². The molecular formula is C14H28N2. The van der Waals surface area contributed by atoms with E-state index in [1.54, 1.807) is 0 Å². The van der Waals surface area contributed by atoms with Gasteiger partial charge in [-0.1, -0.05) is 33.6 Å². The van der Waals surface area contributed by atoms with E-state index in [4.69, 9.17) is 5.73 Å². The second-order valence-electron chi connectivity index (χ2n) is 6.81. The van der Waals surface area contributed by atoms with Crippen LogP contribution in [0.4, 0.5) is 0 Å². The molecule has 3 atom stereocenters. The van der Waals surface area contributed by atoms with Gasteiger partial charge in [-0.05, 0) is 30.6 Å². The number of hydrogen-bond donors (Lipinski definition) is 1. The van der Waals surface area contributed by atoms with Crippen molar-refractivity contribution in [3.05, 3.63) is 0 Å². The zero-order valence-corrected chi connectivity index (χ0v) is 11.2. The van der Waals surface area contributed by atoms with Gasteiger partial charge in [0.1, 0.15) is 0 Å². The Morgan fingerprint density at radius 2 is 1.94 bits per heavy atom. The molecule has 3 unspecified atom stereocenters. The van der Waals surface area contributed by atoms with Gasteiger partial charge in [-0.2, -0.15) is 0 Å². The zero-order chi connectivity index (χ0) is 11.8. The summed E-state index contributed by atoms with van der Waals surface area (Å²) in [5.74, 6) is 0.779. The molecule has 1 aliphatic carbocycles. The van der Waals surface area contributed by atoms with Crippen LogP contribution in [0.5, 0.6) is 0 Å². The summed E-state index contributed by atoms with van der Waals surface area (Å²) >= 11 is 0. The minimum absolute atomic E-state index is 0.404. The number of piperidine rings is 1. The SMILES string of the molecule is CC1CC(N)CN(C2CCCCC2(C)C)C1. The fourth-order valence-electron chi connectivity index (χ4n) is 3.85. The second kappa shape index (κ2) is 4.66. The molecule has 1 saturated heterocycles. The topological polar surface area (TPSA) is 29.3 Å². The summed E-state index contributed by atoms with van der Waals surface area (Å²) in [4.78, 5) is 2.69. The largest absolute Gasteiger partial charge is 0.327 e. The number of nitrogens with zero attached hydrogens (tertiary/aromatic N) is 1. The van der Waals surface area contributed by atoms with Crippen LogP contribution in [0.2, 0.25) is 0 Å². The van der Waals surface area contributed by atoms with Crippen molar-refractivity contribution >= 4 is 0 Å². The zero-order valence-electron chi connectivity index (χ0n) is 11.2. The molecule has 2 N–H and O–H groups in total. The molecule has 0 aromatic carbocycles. The maximum Gasteiger partial charge on any atom is 0.0170 e. The normalized spacial score (nSPS) is 40.9. The summed E-state index contributed by atoms with van der Waals surface area (Å²) < 4.78 is 0. The van der Waals surface area contributed by atoms with Gasteiger partial charge in [0.25, 0.3) is 0 Å². The Balaban J connectivity index is 2.04. The average molecular weight is 224 g/mol. The lowest BCUT2D eigenvalue weighted by Crippen LogP contribution is -2.55. The predicted molar refractivity (Wildman–Crippen MR) is 69.4 cm³/mol.